The number of amides is 1. The van der Waals surface area contributed by atoms with Gasteiger partial charge in [0.25, 0.3) is 5.91 Å². The largest absolute Gasteiger partial charge is 0.348 e. The van der Waals surface area contributed by atoms with Crippen LogP contribution < -0.4 is 10.6 Å². The third-order valence-corrected chi connectivity index (χ3v) is 3.94. The maximum absolute atomic E-state index is 12.0. The molecule has 0 unspecified atom stereocenters. The van der Waals surface area contributed by atoms with Crippen molar-refractivity contribution in [2.75, 3.05) is 13.1 Å². The van der Waals surface area contributed by atoms with Crippen LogP contribution in [0.15, 0.2) is 22.7 Å². The van der Waals surface area contributed by atoms with Gasteiger partial charge in [-0.25, -0.2) is 0 Å². The van der Waals surface area contributed by atoms with E-state index >= 15 is 0 Å². The Morgan fingerprint density at radius 2 is 2.35 bits per heavy atom. The molecule has 1 aromatic carbocycles. The van der Waals surface area contributed by atoms with Crippen molar-refractivity contribution in [1.82, 2.24) is 10.6 Å². The summed E-state index contributed by atoms with van der Waals surface area (Å²) >= 11 is 3.44. The van der Waals surface area contributed by atoms with Crippen molar-refractivity contribution < 1.29 is 4.79 Å². The van der Waals surface area contributed by atoms with Gasteiger partial charge in [-0.2, -0.15) is 0 Å². The average Bonchev–Trinajstić information content (AvgIpc) is 2.34. The fraction of sp³-hybridized carbons (Fsp3) is 0.462. The highest BCUT2D eigenvalue weighted by Gasteiger charge is 2.16. The van der Waals surface area contributed by atoms with Gasteiger partial charge in [0, 0.05) is 22.6 Å². The second-order valence-electron chi connectivity index (χ2n) is 4.48. The Labute approximate surface area is 110 Å². The molecular formula is C13H17BrN2O. The highest BCUT2D eigenvalue weighted by Crippen LogP contribution is 2.17. The number of aryl methyl sites for hydroxylation is 1. The maximum atomic E-state index is 12.0. The summed E-state index contributed by atoms with van der Waals surface area (Å²) in [5, 5.41) is 6.36. The van der Waals surface area contributed by atoms with Crippen LogP contribution in [-0.2, 0) is 0 Å². The molecule has 1 saturated heterocycles. The molecule has 4 heteroatoms. The summed E-state index contributed by atoms with van der Waals surface area (Å²) in [7, 11) is 0. The maximum Gasteiger partial charge on any atom is 0.251 e. The van der Waals surface area contributed by atoms with E-state index in [0.717, 1.165) is 41.5 Å². The van der Waals surface area contributed by atoms with Gasteiger partial charge < -0.3 is 10.6 Å². The van der Waals surface area contributed by atoms with Crippen LogP contribution in [-0.4, -0.2) is 25.0 Å². The van der Waals surface area contributed by atoms with Crippen molar-refractivity contribution in [3.05, 3.63) is 33.8 Å². The molecule has 2 N–H and O–H groups in total. The predicted octanol–water partition coefficient (Wildman–Crippen LogP) is 2.24. The zero-order valence-corrected chi connectivity index (χ0v) is 11.5. The Balaban J connectivity index is 2.01. The lowest BCUT2D eigenvalue weighted by Gasteiger charge is -2.23. The third-order valence-electron chi connectivity index (χ3n) is 3.05. The molecule has 1 heterocycles. The van der Waals surface area contributed by atoms with Gasteiger partial charge >= 0.3 is 0 Å². The minimum absolute atomic E-state index is 0.0225. The molecule has 0 aliphatic carbocycles. The number of carbonyl (C=O) groups is 1. The first-order chi connectivity index (χ1) is 8.16. The summed E-state index contributed by atoms with van der Waals surface area (Å²) in [6.45, 7) is 3.92. The molecule has 2 rings (SSSR count). The summed E-state index contributed by atoms with van der Waals surface area (Å²) in [4.78, 5) is 12.0. The molecule has 92 valence electrons. The molecular weight excluding hydrogens is 280 g/mol. The number of halogens is 1. The Morgan fingerprint density at radius 1 is 1.53 bits per heavy atom. The fourth-order valence-electron chi connectivity index (χ4n) is 2.03. The van der Waals surface area contributed by atoms with Crippen molar-refractivity contribution in [3.8, 4) is 0 Å². The molecule has 0 bridgehead atoms. The highest BCUT2D eigenvalue weighted by molar-refractivity contribution is 9.10. The lowest BCUT2D eigenvalue weighted by Crippen LogP contribution is -2.45. The summed E-state index contributed by atoms with van der Waals surface area (Å²) in [5.74, 6) is 0.0225. The summed E-state index contributed by atoms with van der Waals surface area (Å²) < 4.78 is 1.04. The van der Waals surface area contributed by atoms with Crippen LogP contribution in [0.25, 0.3) is 0 Å². The van der Waals surface area contributed by atoms with Crippen molar-refractivity contribution in [3.63, 3.8) is 0 Å². The number of hydrogen-bond donors (Lipinski definition) is 2. The molecule has 1 fully saturated rings. The van der Waals surface area contributed by atoms with E-state index in [9.17, 15) is 4.79 Å². The SMILES string of the molecule is Cc1cc(C(=O)N[C@H]2CCCNC2)ccc1Br. The summed E-state index contributed by atoms with van der Waals surface area (Å²) in [6, 6.07) is 5.95. The number of benzene rings is 1. The molecule has 1 amide bonds. The van der Waals surface area contributed by atoms with Gasteiger partial charge in [0.1, 0.15) is 0 Å². The zero-order valence-electron chi connectivity index (χ0n) is 9.92. The molecule has 17 heavy (non-hydrogen) atoms. The summed E-state index contributed by atoms with van der Waals surface area (Å²) in [6.07, 6.45) is 2.19. The van der Waals surface area contributed by atoms with Crippen LogP contribution in [0.1, 0.15) is 28.8 Å². The molecule has 0 radical (unpaired) electrons. The first-order valence-corrected chi connectivity index (χ1v) is 6.74. The van der Waals surface area contributed by atoms with Crippen LogP contribution in [0, 0.1) is 6.92 Å². The van der Waals surface area contributed by atoms with E-state index in [2.05, 4.69) is 26.6 Å². The Bertz CT molecular complexity index is 414. The molecule has 0 saturated carbocycles. The number of rotatable bonds is 2. The van der Waals surface area contributed by atoms with Crippen LogP contribution >= 0.6 is 15.9 Å². The average molecular weight is 297 g/mol. The van der Waals surface area contributed by atoms with Gasteiger partial charge in [-0.05, 0) is 50.1 Å². The molecule has 1 aliphatic rings. The molecule has 3 nitrogen and oxygen atoms in total. The molecule has 1 atom stereocenters. The Hall–Kier alpha value is -0.870. The minimum Gasteiger partial charge on any atom is -0.348 e. The predicted molar refractivity (Wildman–Crippen MR) is 72.2 cm³/mol. The number of nitrogens with one attached hydrogen (secondary N) is 2. The van der Waals surface area contributed by atoms with E-state index in [1.54, 1.807) is 0 Å². The topological polar surface area (TPSA) is 41.1 Å². The Kier molecular flexibility index (Phi) is 4.18. The van der Waals surface area contributed by atoms with Crippen LogP contribution in [0.4, 0.5) is 0 Å². The second kappa shape index (κ2) is 5.65. The van der Waals surface area contributed by atoms with E-state index in [4.69, 9.17) is 0 Å². The van der Waals surface area contributed by atoms with Gasteiger partial charge in [0.15, 0.2) is 0 Å². The van der Waals surface area contributed by atoms with Gasteiger partial charge in [-0.1, -0.05) is 15.9 Å². The van der Waals surface area contributed by atoms with Crippen LogP contribution in [0.5, 0.6) is 0 Å². The smallest absolute Gasteiger partial charge is 0.251 e. The van der Waals surface area contributed by atoms with Gasteiger partial charge in [0.2, 0.25) is 0 Å². The van der Waals surface area contributed by atoms with E-state index in [-0.39, 0.29) is 11.9 Å². The fourth-order valence-corrected chi connectivity index (χ4v) is 2.28. The number of carbonyl (C=O) groups excluding carboxylic acids is 1. The van der Waals surface area contributed by atoms with E-state index in [1.807, 2.05) is 25.1 Å². The van der Waals surface area contributed by atoms with Crippen molar-refractivity contribution >= 4 is 21.8 Å². The standard InChI is InChI=1S/C13H17BrN2O/c1-9-7-10(4-5-12(9)14)13(17)16-11-3-2-6-15-8-11/h4-5,7,11,15H,2-3,6,8H2,1H3,(H,16,17)/t11-/m0/s1. The van der Waals surface area contributed by atoms with E-state index < -0.39 is 0 Å². The normalized spacial score (nSPS) is 20.0. The van der Waals surface area contributed by atoms with Crippen molar-refractivity contribution in [1.29, 1.82) is 0 Å². The molecule has 1 aromatic rings. The summed E-state index contributed by atoms with van der Waals surface area (Å²) in [5.41, 5.74) is 1.82. The first-order valence-electron chi connectivity index (χ1n) is 5.94. The van der Waals surface area contributed by atoms with Gasteiger partial charge in [-0.3, -0.25) is 4.79 Å². The Morgan fingerprint density at radius 3 is 3.00 bits per heavy atom. The van der Waals surface area contributed by atoms with Crippen molar-refractivity contribution in [2.45, 2.75) is 25.8 Å². The highest BCUT2D eigenvalue weighted by atomic mass is 79.9. The number of piperidine rings is 1. The zero-order chi connectivity index (χ0) is 12.3. The number of hydrogen-bond acceptors (Lipinski definition) is 2. The van der Waals surface area contributed by atoms with Crippen molar-refractivity contribution in [2.24, 2.45) is 0 Å². The van der Waals surface area contributed by atoms with Crippen LogP contribution in [0.2, 0.25) is 0 Å². The lowest BCUT2D eigenvalue weighted by atomic mass is 10.1. The monoisotopic (exact) mass is 296 g/mol. The molecule has 0 spiro atoms. The van der Waals surface area contributed by atoms with E-state index in [1.165, 1.54) is 0 Å². The van der Waals surface area contributed by atoms with Gasteiger partial charge in [-0.15, -0.1) is 0 Å². The molecule has 1 aliphatic heterocycles. The van der Waals surface area contributed by atoms with Crippen LogP contribution in [0.3, 0.4) is 0 Å². The van der Waals surface area contributed by atoms with E-state index in [0.29, 0.717) is 0 Å². The van der Waals surface area contributed by atoms with Gasteiger partial charge in [0.05, 0.1) is 0 Å². The molecule has 0 aromatic heterocycles. The second-order valence-corrected chi connectivity index (χ2v) is 5.34. The minimum atomic E-state index is 0.0225. The lowest BCUT2D eigenvalue weighted by molar-refractivity contribution is 0.0930. The third kappa shape index (κ3) is 3.30. The first kappa shape index (κ1) is 12.6. The quantitative estimate of drug-likeness (QED) is 0.879.